The van der Waals surface area contributed by atoms with Gasteiger partial charge in [0.2, 0.25) is 0 Å². The van der Waals surface area contributed by atoms with Crippen molar-refractivity contribution in [2.75, 3.05) is 19.6 Å². The molecule has 1 aromatic carbocycles. The van der Waals surface area contributed by atoms with Crippen LogP contribution in [0.15, 0.2) is 36.7 Å². The van der Waals surface area contributed by atoms with Crippen molar-refractivity contribution in [3.05, 3.63) is 41.7 Å². The van der Waals surface area contributed by atoms with Gasteiger partial charge in [-0.1, -0.05) is 23.7 Å². The number of piperidine rings is 1. The van der Waals surface area contributed by atoms with E-state index in [4.69, 9.17) is 11.6 Å². The highest BCUT2D eigenvalue weighted by molar-refractivity contribution is 6.30. The number of amides is 1. The first kappa shape index (κ1) is 13.8. The SMILES string of the molecule is O=C(NC1CN2CC[C@H]1C2)n1cc(-c2ccc(Cl)cc2)cn1. The molecule has 2 unspecified atom stereocenters. The molecular weight excluding hydrogens is 300 g/mol. The van der Waals surface area contributed by atoms with Crippen molar-refractivity contribution in [1.29, 1.82) is 0 Å². The predicted octanol–water partition coefficient (Wildman–Crippen LogP) is 2.47. The molecule has 0 aliphatic carbocycles. The number of hydrogen-bond donors (Lipinski definition) is 1. The highest BCUT2D eigenvalue weighted by Gasteiger charge is 2.38. The monoisotopic (exact) mass is 316 g/mol. The van der Waals surface area contributed by atoms with Crippen LogP contribution in [0.4, 0.5) is 4.79 Å². The summed E-state index contributed by atoms with van der Waals surface area (Å²) in [7, 11) is 0. The third-order valence-corrected chi connectivity index (χ3v) is 4.86. The van der Waals surface area contributed by atoms with Crippen molar-refractivity contribution in [1.82, 2.24) is 20.0 Å². The Labute approximate surface area is 133 Å². The van der Waals surface area contributed by atoms with E-state index in [1.807, 2.05) is 24.3 Å². The minimum Gasteiger partial charge on any atom is -0.332 e. The van der Waals surface area contributed by atoms with Crippen LogP contribution < -0.4 is 5.32 Å². The lowest BCUT2D eigenvalue weighted by molar-refractivity contribution is 0.228. The van der Waals surface area contributed by atoms with Gasteiger partial charge < -0.3 is 10.2 Å². The molecule has 2 aliphatic rings. The van der Waals surface area contributed by atoms with E-state index < -0.39 is 0 Å². The van der Waals surface area contributed by atoms with Gasteiger partial charge in [-0.25, -0.2) is 4.79 Å². The number of hydrogen-bond acceptors (Lipinski definition) is 3. The second kappa shape index (κ2) is 5.41. The van der Waals surface area contributed by atoms with Crippen LogP contribution in [0.1, 0.15) is 6.42 Å². The molecule has 1 aromatic heterocycles. The molecule has 1 amide bonds. The average molecular weight is 317 g/mol. The predicted molar refractivity (Wildman–Crippen MR) is 84.9 cm³/mol. The summed E-state index contributed by atoms with van der Waals surface area (Å²) in [6, 6.07) is 7.61. The fourth-order valence-electron chi connectivity index (χ4n) is 3.40. The summed E-state index contributed by atoms with van der Waals surface area (Å²) in [6.45, 7) is 3.24. The van der Waals surface area contributed by atoms with Gasteiger partial charge in [-0.15, -0.1) is 0 Å². The number of nitrogens with zero attached hydrogens (tertiary/aromatic N) is 3. The number of carbonyl (C=O) groups excluding carboxylic acids is 1. The molecule has 22 heavy (non-hydrogen) atoms. The van der Waals surface area contributed by atoms with Gasteiger partial charge in [-0.3, -0.25) is 0 Å². The third-order valence-electron chi connectivity index (χ3n) is 4.61. The number of fused-ring (bicyclic) bond motifs is 2. The minimum absolute atomic E-state index is 0.154. The average Bonchev–Trinajstić information content (AvgIpc) is 3.24. The lowest BCUT2D eigenvalue weighted by atomic mass is 10.0. The van der Waals surface area contributed by atoms with Gasteiger partial charge in [0.05, 0.1) is 6.20 Å². The number of halogens is 1. The van der Waals surface area contributed by atoms with Gasteiger partial charge in [-0.2, -0.15) is 9.78 Å². The number of rotatable bonds is 2. The van der Waals surface area contributed by atoms with E-state index in [1.165, 1.54) is 17.6 Å². The Morgan fingerprint density at radius 1 is 1.23 bits per heavy atom. The van der Waals surface area contributed by atoms with Gasteiger partial charge in [0.15, 0.2) is 0 Å². The molecule has 3 atom stereocenters. The van der Waals surface area contributed by atoms with Gasteiger partial charge in [-0.05, 0) is 36.6 Å². The number of carbonyl (C=O) groups is 1. The molecule has 0 saturated carbocycles. The Morgan fingerprint density at radius 3 is 2.73 bits per heavy atom. The molecule has 2 aromatic rings. The molecule has 3 heterocycles. The number of nitrogens with one attached hydrogen (secondary N) is 1. The van der Waals surface area contributed by atoms with Crippen LogP contribution in [-0.2, 0) is 0 Å². The standard InChI is InChI=1S/C16H17ClN4O/c17-14-3-1-11(2-4-14)13-7-18-21(9-13)16(22)19-15-10-20-6-5-12(15)8-20/h1-4,7,9,12,15H,5-6,8,10H2,(H,19,22)/t12-,15?/m0/s1. The molecule has 0 radical (unpaired) electrons. The van der Waals surface area contributed by atoms with Crippen LogP contribution in [0.2, 0.25) is 5.02 Å². The molecule has 2 aliphatic heterocycles. The lowest BCUT2D eigenvalue weighted by Crippen LogP contribution is -2.45. The van der Waals surface area contributed by atoms with Crippen molar-refractivity contribution < 1.29 is 4.79 Å². The van der Waals surface area contributed by atoms with Crippen molar-refractivity contribution >= 4 is 17.6 Å². The minimum atomic E-state index is -0.154. The maximum atomic E-state index is 12.3. The molecule has 2 fully saturated rings. The summed E-state index contributed by atoms with van der Waals surface area (Å²) in [5.41, 5.74) is 1.90. The summed E-state index contributed by atoms with van der Waals surface area (Å²) in [4.78, 5) is 14.7. The van der Waals surface area contributed by atoms with E-state index in [1.54, 1.807) is 12.4 Å². The van der Waals surface area contributed by atoms with Crippen molar-refractivity contribution in [2.24, 2.45) is 5.92 Å². The van der Waals surface area contributed by atoms with E-state index in [-0.39, 0.29) is 12.1 Å². The van der Waals surface area contributed by atoms with Crippen LogP contribution in [0, 0.1) is 5.92 Å². The maximum absolute atomic E-state index is 12.3. The van der Waals surface area contributed by atoms with Crippen LogP contribution in [0.5, 0.6) is 0 Å². The highest BCUT2D eigenvalue weighted by atomic mass is 35.5. The van der Waals surface area contributed by atoms with E-state index in [9.17, 15) is 4.79 Å². The summed E-state index contributed by atoms with van der Waals surface area (Å²) in [5, 5.41) is 7.97. The van der Waals surface area contributed by atoms with Gasteiger partial charge in [0, 0.05) is 35.9 Å². The molecule has 5 nitrogen and oxygen atoms in total. The highest BCUT2D eigenvalue weighted by Crippen LogP contribution is 2.27. The van der Waals surface area contributed by atoms with Crippen LogP contribution >= 0.6 is 11.6 Å². The summed E-state index contributed by atoms with van der Waals surface area (Å²) >= 11 is 5.89. The molecular formula is C16H17ClN4O. The Morgan fingerprint density at radius 2 is 2.05 bits per heavy atom. The normalized spacial score (nSPS) is 26.3. The van der Waals surface area contributed by atoms with Crippen LogP contribution in [-0.4, -0.2) is 46.4 Å². The Kier molecular flexibility index (Phi) is 3.39. The van der Waals surface area contributed by atoms with E-state index in [0.29, 0.717) is 10.9 Å². The first-order valence-corrected chi connectivity index (χ1v) is 7.91. The van der Waals surface area contributed by atoms with Gasteiger partial charge in [0.25, 0.3) is 0 Å². The van der Waals surface area contributed by atoms with E-state index >= 15 is 0 Å². The molecule has 114 valence electrons. The summed E-state index contributed by atoms with van der Waals surface area (Å²) in [6.07, 6.45) is 4.64. The Bertz CT molecular complexity index is 696. The second-order valence-corrected chi connectivity index (χ2v) is 6.48. The fraction of sp³-hybridized carbons (Fsp3) is 0.375. The number of aromatic nitrogens is 2. The molecule has 4 rings (SSSR count). The van der Waals surface area contributed by atoms with Crippen LogP contribution in [0.25, 0.3) is 11.1 Å². The zero-order valence-corrected chi connectivity index (χ0v) is 12.8. The second-order valence-electron chi connectivity index (χ2n) is 6.04. The summed E-state index contributed by atoms with van der Waals surface area (Å²) in [5.74, 6) is 0.593. The number of benzene rings is 1. The third kappa shape index (κ3) is 2.51. The molecule has 6 heteroatoms. The smallest absolute Gasteiger partial charge is 0.332 e. The topological polar surface area (TPSA) is 50.2 Å². The zero-order valence-electron chi connectivity index (χ0n) is 12.1. The Balaban J connectivity index is 1.46. The van der Waals surface area contributed by atoms with E-state index in [2.05, 4.69) is 15.3 Å². The molecule has 2 saturated heterocycles. The Hall–Kier alpha value is -1.85. The largest absolute Gasteiger partial charge is 0.342 e. The maximum Gasteiger partial charge on any atom is 0.342 e. The quantitative estimate of drug-likeness (QED) is 0.926. The van der Waals surface area contributed by atoms with Gasteiger partial charge in [0.1, 0.15) is 0 Å². The fourth-order valence-corrected chi connectivity index (χ4v) is 3.52. The first-order chi connectivity index (χ1) is 10.7. The summed E-state index contributed by atoms with van der Waals surface area (Å²) < 4.78 is 1.38. The van der Waals surface area contributed by atoms with Gasteiger partial charge >= 0.3 is 6.03 Å². The van der Waals surface area contributed by atoms with Crippen molar-refractivity contribution in [3.63, 3.8) is 0 Å². The van der Waals surface area contributed by atoms with Crippen molar-refractivity contribution in [2.45, 2.75) is 12.5 Å². The lowest BCUT2D eigenvalue weighted by Gasteiger charge is -2.22. The molecule has 1 N–H and O–H groups in total. The van der Waals surface area contributed by atoms with E-state index in [0.717, 1.165) is 24.2 Å². The van der Waals surface area contributed by atoms with Crippen LogP contribution in [0.3, 0.4) is 0 Å². The van der Waals surface area contributed by atoms with Crippen molar-refractivity contribution in [3.8, 4) is 11.1 Å². The first-order valence-electron chi connectivity index (χ1n) is 7.53. The molecule has 2 bridgehead atoms. The molecule has 0 spiro atoms. The zero-order chi connectivity index (χ0) is 15.1.